The number of rotatable bonds is 1. The van der Waals surface area contributed by atoms with Crippen LogP contribution >= 0.6 is 24.8 Å². The Morgan fingerprint density at radius 3 is 2.22 bits per heavy atom. The highest BCUT2D eigenvalue weighted by molar-refractivity contribution is 5.85. The molecule has 0 spiro atoms. The minimum atomic E-state index is -0.0638. The van der Waals surface area contributed by atoms with Crippen LogP contribution in [-0.4, -0.2) is 19.7 Å². The predicted octanol–water partition coefficient (Wildman–Crippen LogP) is 3.93. The molecule has 0 fully saturated rings. The minimum Gasteiger partial charge on any atom is -0.487 e. The van der Waals surface area contributed by atoms with E-state index in [0.29, 0.717) is 0 Å². The van der Waals surface area contributed by atoms with Crippen molar-refractivity contribution in [2.24, 2.45) is 0 Å². The van der Waals surface area contributed by atoms with Crippen molar-refractivity contribution in [3.05, 3.63) is 22.8 Å². The number of benzene rings is 1. The zero-order valence-electron chi connectivity index (χ0n) is 12.0. The molecule has 1 aromatic rings. The lowest BCUT2D eigenvalue weighted by molar-refractivity contribution is 0.137. The molecular weight excluding hydrogens is 269 g/mol. The second-order valence-corrected chi connectivity index (χ2v) is 5.58. The van der Waals surface area contributed by atoms with Gasteiger partial charge in [-0.3, -0.25) is 0 Å². The molecule has 0 amide bonds. The molecular formula is C14H23Cl2NO. The van der Waals surface area contributed by atoms with Gasteiger partial charge in [0.05, 0.1) is 0 Å². The normalized spacial score (nSPS) is 15.0. The Morgan fingerprint density at radius 1 is 1.17 bits per heavy atom. The third kappa shape index (κ3) is 2.86. The third-order valence-corrected chi connectivity index (χ3v) is 3.33. The highest BCUT2D eigenvalue weighted by atomic mass is 35.5. The predicted molar refractivity (Wildman–Crippen MR) is 83.2 cm³/mol. The highest BCUT2D eigenvalue weighted by Gasteiger charge is 2.34. The van der Waals surface area contributed by atoms with Gasteiger partial charge in [-0.15, -0.1) is 24.8 Å². The largest absolute Gasteiger partial charge is 0.487 e. The quantitative estimate of drug-likeness (QED) is 0.777. The van der Waals surface area contributed by atoms with E-state index in [1.165, 1.54) is 22.4 Å². The number of hydrogen-bond donors (Lipinski definition) is 0. The fraction of sp³-hybridized carbons (Fsp3) is 0.571. The van der Waals surface area contributed by atoms with Crippen molar-refractivity contribution in [1.82, 2.24) is 0 Å². The summed E-state index contributed by atoms with van der Waals surface area (Å²) in [7, 11) is 4.19. The molecule has 0 aromatic heterocycles. The number of aryl methyl sites for hydroxylation is 1. The van der Waals surface area contributed by atoms with Crippen molar-refractivity contribution in [2.75, 3.05) is 19.0 Å². The summed E-state index contributed by atoms with van der Waals surface area (Å²) in [6, 6.07) is 2.26. The summed E-state index contributed by atoms with van der Waals surface area (Å²) < 4.78 is 6.07. The summed E-state index contributed by atoms with van der Waals surface area (Å²) in [4.78, 5) is 2.18. The van der Waals surface area contributed by atoms with Gasteiger partial charge < -0.3 is 9.64 Å². The zero-order chi connectivity index (χ0) is 12.1. The van der Waals surface area contributed by atoms with Crippen LogP contribution in [0.5, 0.6) is 5.75 Å². The first kappa shape index (κ1) is 17.4. The van der Waals surface area contributed by atoms with Crippen molar-refractivity contribution >= 4 is 30.5 Å². The summed E-state index contributed by atoms with van der Waals surface area (Å²) >= 11 is 0. The molecule has 0 saturated heterocycles. The van der Waals surface area contributed by atoms with Gasteiger partial charge in [-0.2, -0.15) is 0 Å². The number of halogens is 2. The van der Waals surface area contributed by atoms with Crippen LogP contribution in [0.3, 0.4) is 0 Å². The molecule has 1 aromatic carbocycles. The topological polar surface area (TPSA) is 12.5 Å². The fourth-order valence-electron chi connectivity index (χ4n) is 2.37. The third-order valence-electron chi connectivity index (χ3n) is 3.33. The Labute approximate surface area is 123 Å². The van der Waals surface area contributed by atoms with Gasteiger partial charge in [0.25, 0.3) is 0 Å². The van der Waals surface area contributed by atoms with Gasteiger partial charge in [-0.05, 0) is 44.9 Å². The molecule has 0 radical (unpaired) electrons. The SMILES string of the molecule is Cc1cc(N(C)C)c2c(c1C)OC(C)(C)C2.Cl.Cl. The van der Waals surface area contributed by atoms with Crippen molar-refractivity contribution in [2.45, 2.75) is 39.7 Å². The Hall–Kier alpha value is -0.600. The molecule has 0 bridgehead atoms. The fourth-order valence-corrected chi connectivity index (χ4v) is 2.37. The Morgan fingerprint density at radius 2 is 1.72 bits per heavy atom. The number of ether oxygens (including phenoxy) is 1. The van der Waals surface area contributed by atoms with Gasteiger partial charge in [0, 0.05) is 31.8 Å². The molecule has 0 N–H and O–H groups in total. The van der Waals surface area contributed by atoms with Crippen LogP contribution in [0.2, 0.25) is 0 Å². The lowest BCUT2D eigenvalue weighted by Gasteiger charge is -2.19. The summed E-state index contributed by atoms with van der Waals surface area (Å²) in [5.74, 6) is 1.11. The zero-order valence-corrected chi connectivity index (χ0v) is 13.6. The smallest absolute Gasteiger partial charge is 0.128 e. The van der Waals surface area contributed by atoms with Crippen molar-refractivity contribution < 1.29 is 4.74 Å². The van der Waals surface area contributed by atoms with E-state index in [2.05, 4.69) is 52.8 Å². The van der Waals surface area contributed by atoms with Crippen LogP contribution in [-0.2, 0) is 6.42 Å². The van der Waals surface area contributed by atoms with Gasteiger partial charge >= 0.3 is 0 Å². The van der Waals surface area contributed by atoms with E-state index < -0.39 is 0 Å². The van der Waals surface area contributed by atoms with E-state index in [1.807, 2.05) is 0 Å². The van der Waals surface area contributed by atoms with Crippen molar-refractivity contribution in [1.29, 1.82) is 0 Å². The lowest BCUT2D eigenvalue weighted by Crippen LogP contribution is -2.25. The molecule has 0 aliphatic carbocycles. The Kier molecular flexibility index (Phi) is 5.39. The molecule has 0 unspecified atom stereocenters. The standard InChI is InChI=1S/C14H21NO.2ClH/c1-9-7-12(15(5)6)11-8-14(3,4)16-13(11)10(9)2;;/h7H,8H2,1-6H3;2*1H. The van der Waals surface area contributed by atoms with Crippen molar-refractivity contribution in [3.8, 4) is 5.75 Å². The van der Waals surface area contributed by atoms with E-state index >= 15 is 0 Å². The van der Waals surface area contributed by atoms with Gasteiger partial charge in [0.1, 0.15) is 11.4 Å². The van der Waals surface area contributed by atoms with E-state index in [1.54, 1.807) is 0 Å². The number of fused-ring (bicyclic) bond motifs is 1. The summed E-state index contributed by atoms with van der Waals surface area (Å²) in [6.07, 6.45) is 0.997. The molecule has 2 rings (SSSR count). The van der Waals surface area contributed by atoms with E-state index in [9.17, 15) is 0 Å². The van der Waals surface area contributed by atoms with Gasteiger partial charge in [-0.25, -0.2) is 0 Å². The first-order valence-corrected chi connectivity index (χ1v) is 5.81. The maximum Gasteiger partial charge on any atom is 0.128 e. The van der Waals surface area contributed by atoms with Crippen molar-refractivity contribution in [3.63, 3.8) is 0 Å². The van der Waals surface area contributed by atoms with Crippen LogP contribution in [0.4, 0.5) is 5.69 Å². The van der Waals surface area contributed by atoms with Gasteiger partial charge in [-0.1, -0.05) is 0 Å². The average molecular weight is 292 g/mol. The molecule has 2 nitrogen and oxygen atoms in total. The van der Waals surface area contributed by atoms with Gasteiger partial charge in [0.2, 0.25) is 0 Å². The number of nitrogens with zero attached hydrogens (tertiary/aromatic N) is 1. The molecule has 1 heterocycles. The molecule has 0 atom stereocenters. The molecule has 104 valence electrons. The minimum absolute atomic E-state index is 0. The van der Waals surface area contributed by atoms with Gasteiger partial charge in [0.15, 0.2) is 0 Å². The maximum atomic E-state index is 6.07. The lowest BCUT2D eigenvalue weighted by atomic mass is 9.96. The van der Waals surface area contributed by atoms with Crippen LogP contribution < -0.4 is 9.64 Å². The highest BCUT2D eigenvalue weighted by Crippen LogP contribution is 2.43. The summed E-state index contributed by atoms with van der Waals surface area (Å²) in [5.41, 5.74) is 5.18. The summed E-state index contributed by atoms with van der Waals surface area (Å²) in [5, 5.41) is 0. The molecule has 0 saturated carbocycles. The molecule has 18 heavy (non-hydrogen) atoms. The van der Waals surface area contributed by atoms with E-state index in [0.717, 1.165) is 12.2 Å². The Bertz CT molecular complexity index is 442. The first-order valence-electron chi connectivity index (χ1n) is 5.81. The van der Waals surface area contributed by atoms with Crippen LogP contribution in [0.15, 0.2) is 6.07 Å². The van der Waals surface area contributed by atoms with Crippen LogP contribution in [0.25, 0.3) is 0 Å². The molecule has 1 aliphatic heterocycles. The van der Waals surface area contributed by atoms with E-state index in [-0.39, 0.29) is 30.4 Å². The number of hydrogen-bond acceptors (Lipinski definition) is 2. The monoisotopic (exact) mass is 291 g/mol. The Balaban J connectivity index is 0.00000144. The molecule has 1 aliphatic rings. The average Bonchev–Trinajstić information content (AvgIpc) is 2.47. The molecule has 4 heteroatoms. The maximum absolute atomic E-state index is 6.07. The van der Waals surface area contributed by atoms with E-state index in [4.69, 9.17) is 4.74 Å². The number of anilines is 1. The second kappa shape index (κ2) is 5.58. The second-order valence-electron chi connectivity index (χ2n) is 5.58. The van der Waals surface area contributed by atoms with Crippen LogP contribution in [0, 0.1) is 13.8 Å². The van der Waals surface area contributed by atoms with Crippen LogP contribution in [0.1, 0.15) is 30.5 Å². The summed E-state index contributed by atoms with van der Waals surface area (Å²) in [6.45, 7) is 8.61. The first-order chi connectivity index (χ1) is 7.32.